The van der Waals surface area contributed by atoms with Gasteiger partial charge in [0.25, 0.3) is 17.7 Å². The molecule has 0 heterocycles. The van der Waals surface area contributed by atoms with Gasteiger partial charge < -0.3 is 16.0 Å². The molecule has 0 saturated carbocycles. The maximum Gasteiger partial charge on any atom is 0.255 e. The summed E-state index contributed by atoms with van der Waals surface area (Å²) in [4.78, 5) is 41.5. The lowest BCUT2D eigenvalue weighted by Crippen LogP contribution is -2.19. The number of unbranched alkanes of at least 4 members (excludes halogenated alkanes) is 24. The van der Waals surface area contributed by atoms with Crippen LogP contribution in [0.2, 0.25) is 0 Å². The molecule has 0 bridgehead atoms. The van der Waals surface area contributed by atoms with Crippen LogP contribution in [0.4, 0.5) is 17.1 Å². The Morgan fingerprint density at radius 1 is 0.307 bits per heavy atom. The van der Waals surface area contributed by atoms with Crippen LogP contribution in [-0.2, 0) is 0 Å². The van der Waals surface area contributed by atoms with Crippen LogP contribution in [0.1, 0.15) is 242 Å². The standard InChI is InChI=1S/C69H81N3O3/c1-4-7-10-13-16-19-22-25-28-31-34-37-40-58-43-49-64(50-44-58)70-67(73)61-55-62(68(74)71-65-51-45-59(46-52-65)41-38-35-32-29-26-23-20-17-14-11-8-5-2)57-63(56-61)69(75)72-66-53-47-60(48-54-66)42-39-36-33-30-27-24-21-18-15-12-9-6-3/h43-57H,4-30H2,1-3H3,(H,70,73)(H,71,74)(H,72,75). The summed E-state index contributed by atoms with van der Waals surface area (Å²) in [7, 11) is 0. The van der Waals surface area contributed by atoms with Gasteiger partial charge in [-0.2, -0.15) is 0 Å². The lowest BCUT2D eigenvalue weighted by molar-refractivity contribution is 0.102. The highest BCUT2D eigenvalue weighted by molar-refractivity contribution is 6.13. The fraction of sp³-hybridized carbons (Fsp3) is 0.435. The van der Waals surface area contributed by atoms with E-state index in [9.17, 15) is 14.4 Å². The van der Waals surface area contributed by atoms with E-state index in [1.165, 1.54) is 153 Å². The van der Waals surface area contributed by atoms with Crippen molar-refractivity contribution >= 4 is 34.8 Å². The van der Waals surface area contributed by atoms with E-state index in [-0.39, 0.29) is 16.7 Å². The van der Waals surface area contributed by atoms with Gasteiger partial charge in [-0.25, -0.2) is 0 Å². The van der Waals surface area contributed by atoms with Crippen molar-refractivity contribution in [2.45, 2.75) is 194 Å². The smallest absolute Gasteiger partial charge is 0.255 e. The topological polar surface area (TPSA) is 87.3 Å². The Morgan fingerprint density at radius 2 is 0.533 bits per heavy atom. The molecule has 3 N–H and O–H groups in total. The Labute approximate surface area is 452 Å². The number of carbonyl (C=O) groups excluding carboxylic acids is 3. The lowest BCUT2D eigenvalue weighted by atomic mass is 10.0. The summed E-state index contributed by atoms with van der Waals surface area (Å²) in [6, 6.07) is 25.9. The average Bonchev–Trinajstić information content (AvgIpc) is 3.43. The second-order valence-corrected chi connectivity index (χ2v) is 19.2. The molecule has 0 aliphatic carbocycles. The van der Waals surface area contributed by atoms with E-state index >= 15 is 0 Å². The highest BCUT2D eigenvalue weighted by Gasteiger charge is 2.18. The maximum atomic E-state index is 13.8. The van der Waals surface area contributed by atoms with Crippen LogP contribution in [0.5, 0.6) is 0 Å². The molecule has 4 rings (SSSR count). The predicted molar refractivity (Wildman–Crippen MR) is 315 cm³/mol. The molecule has 0 spiro atoms. The molecule has 75 heavy (non-hydrogen) atoms. The highest BCUT2D eigenvalue weighted by Crippen LogP contribution is 2.20. The van der Waals surface area contributed by atoms with Gasteiger partial charge in [-0.15, -0.1) is 0 Å². The Kier molecular flexibility index (Phi) is 31.4. The van der Waals surface area contributed by atoms with Gasteiger partial charge in [-0.1, -0.05) is 191 Å². The molecule has 0 saturated heterocycles. The van der Waals surface area contributed by atoms with Crippen molar-refractivity contribution in [2.24, 2.45) is 0 Å². The maximum absolute atomic E-state index is 13.8. The quantitative estimate of drug-likeness (QED) is 0.0359. The number of hydrogen-bond donors (Lipinski definition) is 3. The SMILES string of the molecule is CCCCCCCCCCC#CC#Cc1ccc(NC(=O)c2cc(C(=O)Nc3ccc(C#CC#CCCCCCCCCCC)cc3)cc(C(=O)Nc3ccc(C#CC#CCCCCCCCCCC)cc3)c2)cc1. The van der Waals surface area contributed by atoms with Gasteiger partial charge in [0, 0.05) is 69.7 Å². The van der Waals surface area contributed by atoms with Crippen molar-refractivity contribution < 1.29 is 14.4 Å². The molecule has 390 valence electrons. The summed E-state index contributed by atoms with van der Waals surface area (Å²) in [5.74, 6) is 34.9. The third-order valence-electron chi connectivity index (χ3n) is 12.7. The minimum Gasteiger partial charge on any atom is -0.322 e. The van der Waals surface area contributed by atoms with Gasteiger partial charge in [-0.3, -0.25) is 14.4 Å². The van der Waals surface area contributed by atoms with E-state index in [1.54, 1.807) is 36.4 Å². The molecular weight excluding hydrogens is 919 g/mol. The monoisotopic (exact) mass is 1000 g/mol. The fourth-order valence-electron chi connectivity index (χ4n) is 8.21. The van der Waals surface area contributed by atoms with Crippen molar-refractivity contribution in [3.63, 3.8) is 0 Å². The first-order chi connectivity index (χ1) is 36.9. The number of amides is 3. The van der Waals surface area contributed by atoms with E-state index in [0.717, 1.165) is 55.2 Å². The Morgan fingerprint density at radius 3 is 0.773 bits per heavy atom. The molecule has 3 amide bonds. The molecule has 6 nitrogen and oxygen atoms in total. The van der Waals surface area contributed by atoms with Gasteiger partial charge in [0.1, 0.15) is 0 Å². The highest BCUT2D eigenvalue weighted by atomic mass is 16.2. The summed E-state index contributed by atoms with van der Waals surface area (Å²) in [6.45, 7) is 6.73. The van der Waals surface area contributed by atoms with Crippen LogP contribution in [0.15, 0.2) is 91.0 Å². The van der Waals surface area contributed by atoms with Crippen LogP contribution in [0.3, 0.4) is 0 Å². The van der Waals surface area contributed by atoms with Gasteiger partial charge in [0.15, 0.2) is 0 Å². The molecule has 0 radical (unpaired) electrons. The minimum atomic E-state index is -0.489. The summed E-state index contributed by atoms with van der Waals surface area (Å²) in [6.07, 6.45) is 32.9. The Hall–Kier alpha value is -7.35. The number of rotatable bonds is 30. The largest absolute Gasteiger partial charge is 0.322 e. The molecule has 0 aliphatic heterocycles. The zero-order valence-electron chi connectivity index (χ0n) is 45.5. The molecular formula is C69H81N3O3. The summed E-state index contributed by atoms with van der Waals surface area (Å²) >= 11 is 0. The van der Waals surface area contributed by atoms with E-state index in [2.05, 4.69) is 108 Å². The predicted octanol–water partition coefficient (Wildman–Crippen LogP) is 17.1. The minimum absolute atomic E-state index is 0.131. The van der Waals surface area contributed by atoms with Crippen LogP contribution < -0.4 is 16.0 Å². The van der Waals surface area contributed by atoms with Crippen molar-refractivity contribution in [3.8, 4) is 71.0 Å². The average molecular weight is 1000 g/mol. The van der Waals surface area contributed by atoms with Gasteiger partial charge >= 0.3 is 0 Å². The number of nitrogens with one attached hydrogen (secondary N) is 3. The molecule has 0 aromatic heterocycles. The number of carbonyl (C=O) groups is 3. The van der Waals surface area contributed by atoms with Crippen LogP contribution >= 0.6 is 0 Å². The first-order valence-corrected chi connectivity index (χ1v) is 28.2. The Balaban J connectivity index is 1.39. The molecule has 6 heteroatoms. The van der Waals surface area contributed by atoms with Crippen LogP contribution in [-0.4, -0.2) is 17.7 Å². The van der Waals surface area contributed by atoms with Gasteiger partial charge in [0.05, 0.1) is 0 Å². The second kappa shape index (κ2) is 39.2. The number of hydrogen-bond acceptors (Lipinski definition) is 3. The molecule has 4 aromatic rings. The van der Waals surface area contributed by atoms with Crippen molar-refractivity contribution in [1.82, 2.24) is 0 Å². The van der Waals surface area contributed by atoms with Crippen LogP contribution in [0, 0.1) is 71.0 Å². The van der Waals surface area contributed by atoms with Crippen LogP contribution in [0.25, 0.3) is 0 Å². The van der Waals surface area contributed by atoms with Crippen molar-refractivity contribution in [3.05, 3.63) is 124 Å². The fourth-order valence-corrected chi connectivity index (χ4v) is 8.21. The second-order valence-electron chi connectivity index (χ2n) is 19.2. The molecule has 0 atom stereocenters. The van der Waals surface area contributed by atoms with E-state index < -0.39 is 17.7 Å². The molecule has 0 unspecified atom stereocenters. The van der Waals surface area contributed by atoms with Crippen molar-refractivity contribution in [2.75, 3.05) is 16.0 Å². The lowest BCUT2D eigenvalue weighted by Gasteiger charge is -2.12. The number of benzene rings is 4. The van der Waals surface area contributed by atoms with E-state index in [4.69, 9.17) is 0 Å². The molecule has 0 fully saturated rings. The number of anilines is 3. The zero-order valence-corrected chi connectivity index (χ0v) is 45.5. The third kappa shape index (κ3) is 27.5. The summed E-state index contributed by atoms with van der Waals surface area (Å²) in [5.41, 5.74) is 4.28. The Bertz CT molecular complexity index is 2420. The normalized spacial score (nSPS) is 9.96. The molecule has 0 aliphatic rings. The van der Waals surface area contributed by atoms with E-state index in [0.29, 0.717) is 17.1 Å². The first-order valence-electron chi connectivity index (χ1n) is 28.2. The summed E-state index contributed by atoms with van der Waals surface area (Å²) < 4.78 is 0. The first kappa shape index (κ1) is 60.2. The van der Waals surface area contributed by atoms with Crippen molar-refractivity contribution in [1.29, 1.82) is 0 Å². The van der Waals surface area contributed by atoms with E-state index in [1.807, 2.05) is 36.4 Å². The summed E-state index contributed by atoms with van der Waals surface area (Å²) in [5, 5.41) is 8.72. The third-order valence-corrected chi connectivity index (χ3v) is 12.7. The zero-order chi connectivity index (χ0) is 53.2. The van der Waals surface area contributed by atoms with Gasteiger partial charge in [0.2, 0.25) is 0 Å². The molecule has 4 aromatic carbocycles. The van der Waals surface area contributed by atoms with Gasteiger partial charge in [-0.05, 0) is 146 Å².